The van der Waals surface area contributed by atoms with Gasteiger partial charge in [-0.3, -0.25) is 14.3 Å². The van der Waals surface area contributed by atoms with E-state index in [1.807, 2.05) is 20.9 Å². The molecule has 1 unspecified atom stereocenters. The molecular weight excluding hydrogens is 246 g/mol. The third-order valence-corrected chi connectivity index (χ3v) is 3.85. The van der Waals surface area contributed by atoms with Gasteiger partial charge in [0.05, 0.1) is 5.56 Å². The van der Waals surface area contributed by atoms with Crippen LogP contribution in [0.1, 0.15) is 38.2 Å². The Morgan fingerprint density at radius 2 is 2.11 bits per heavy atom. The van der Waals surface area contributed by atoms with Crippen molar-refractivity contribution in [3.63, 3.8) is 0 Å². The zero-order valence-electron chi connectivity index (χ0n) is 11.6. The van der Waals surface area contributed by atoms with Gasteiger partial charge in [-0.1, -0.05) is 13.8 Å². The number of nitrogens with one attached hydrogen (secondary N) is 1. The van der Waals surface area contributed by atoms with E-state index in [-0.39, 0.29) is 23.4 Å². The minimum atomic E-state index is -0.535. The quantitative estimate of drug-likeness (QED) is 0.834. The standard InChI is InChI=1S/C13H21N3O3/c1-8(2)10-11(17)14-13(19)16(12(10)18)7-9-5-4-6-15(9)3/h8-9,18H,4-7H2,1-3H3,(H,14,17,19). The van der Waals surface area contributed by atoms with Crippen LogP contribution in [0.25, 0.3) is 0 Å². The minimum Gasteiger partial charge on any atom is -0.494 e. The average Bonchev–Trinajstić information content (AvgIpc) is 2.69. The van der Waals surface area contributed by atoms with E-state index >= 15 is 0 Å². The first-order chi connectivity index (χ1) is 8.91. The number of rotatable bonds is 3. The first kappa shape index (κ1) is 13.9. The molecule has 1 fully saturated rings. The van der Waals surface area contributed by atoms with Gasteiger partial charge in [0.15, 0.2) is 0 Å². The molecule has 0 aromatic carbocycles. The topological polar surface area (TPSA) is 78.3 Å². The molecule has 0 saturated carbocycles. The van der Waals surface area contributed by atoms with Crippen LogP contribution >= 0.6 is 0 Å². The van der Waals surface area contributed by atoms with Crippen LogP contribution in [-0.4, -0.2) is 39.2 Å². The molecule has 2 rings (SSSR count). The van der Waals surface area contributed by atoms with Gasteiger partial charge in [0.25, 0.3) is 5.56 Å². The molecule has 1 aliphatic heterocycles. The largest absolute Gasteiger partial charge is 0.494 e. The van der Waals surface area contributed by atoms with Gasteiger partial charge in [-0.25, -0.2) is 4.79 Å². The Balaban J connectivity index is 2.43. The molecular formula is C13H21N3O3. The lowest BCUT2D eigenvalue weighted by Gasteiger charge is -2.21. The first-order valence-electron chi connectivity index (χ1n) is 6.68. The van der Waals surface area contributed by atoms with Gasteiger partial charge in [-0.05, 0) is 32.4 Å². The van der Waals surface area contributed by atoms with Gasteiger partial charge in [0.1, 0.15) is 0 Å². The van der Waals surface area contributed by atoms with E-state index in [2.05, 4.69) is 9.88 Å². The van der Waals surface area contributed by atoms with E-state index in [0.29, 0.717) is 6.54 Å². The molecule has 0 aliphatic carbocycles. The van der Waals surface area contributed by atoms with Crippen LogP contribution in [0, 0.1) is 0 Å². The van der Waals surface area contributed by atoms with E-state index in [1.165, 1.54) is 4.57 Å². The third kappa shape index (κ3) is 2.58. The molecule has 0 bridgehead atoms. The Kier molecular flexibility index (Phi) is 3.80. The molecule has 1 aromatic heterocycles. The van der Waals surface area contributed by atoms with Crippen molar-refractivity contribution < 1.29 is 5.11 Å². The van der Waals surface area contributed by atoms with E-state index in [9.17, 15) is 14.7 Å². The van der Waals surface area contributed by atoms with Crippen LogP contribution in [0.4, 0.5) is 0 Å². The van der Waals surface area contributed by atoms with Crippen LogP contribution < -0.4 is 11.2 Å². The number of likely N-dealkylation sites (tertiary alicyclic amines) is 1. The summed E-state index contributed by atoms with van der Waals surface area (Å²) < 4.78 is 1.28. The second-order valence-electron chi connectivity index (χ2n) is 5.54. The molecule has 1 saturated heterocycles. The maximum atomic E-state index is 11.9. The van der Waals surface area contributed by atoms with Crippen LogP contribution in [0.15, 0.2) is 9.59 Å². The van der Waals surface area contributed by atoms with Gasteiger partial charge >= 0.3 is 5.69 Å². The molecule has 1 aromatic rings. The van der Waals surface area contributed by atoms with Gasteiger partial charge in [0.2, 0.25) is 5.88 Å². The van der Waals surface area contributed by atoms with Gasteiger partial charge in [-0.2, -0.15) is 0 Å². The lowest BCUT2D eigenvalue weighted by Crippen LogP contribution is -2.38. The monoisotopic (exact) mass is 267 g/mol. The first-order valence-corrected chi connectivity index (χ1v) is 6.68. The molecule has 2 N–H and O–H groups in total. The molecule has 19 heavy (non-hydrogen) atoms. The van der Waals surface area contributed by atoms with Crippen LogP contribution in [-0.2, 0) is 6.54 Å². The Hall–Kier alpha value is -1.56. The number of aromatic hydroxyl groups is 1. The second kappa shape index (κ2) is 5.21. The minimum absolute atomic E-state index is 0.128. The SMILES string of the molecule is CC(C)c1c(O)n(CC2CCCN2C)c(=O)[nH]c1=O. The summed E-state index contributed by atoms with van der Waals surface area (Å²) in [4.78, 5) is 28.0. The Bertz CT molecular complexity index is 573. The highest BCUT2D eigenvalue weighted by Gasteiger charge is 2.24. The highest BCUT2D eigenvalue weighted by molar-refractivity contribution is 5.25. The average molecular weight is 267 g/mol. The molecule has 1 atom stereocenters. The Morgan fingerprint density at radius 3 is 2.63 bits per heavy atom. The lowest BCUT2D eigenvalue weighted by atomic mass is 10.1. The summed E-state index contributed by atoms with van der Waals surface area (Å²) in [5.74, 6) is -0.319. The lowest BCUT2D eigenvalue weighted by molar-refractivity contribution is 0.264. The number of hydrogen-bond acceptors (Lipinski definition) is 4. The molecule has 6 nitrogen and oxygen atoms in total. The van der Waals surface area contributed by atoms with Crippen LogP contribution in [0.5, 0.6) is 5.88 Å². The normalized spacial score (nSPS) is 20.3. The fraction of sp³-hybridized carbons (Fsp3) is 0.692. The molecule has 0 spiro atoms. The third-order valence-electron chi connectivity index (χ3n) is 3.85. The number of nitrogens with zero attached hydrogens (tertiary/aromatic N) is 2. The molecule has 106 valence electrons. The van der Waals surface area contributed by atoms with E-state index < -0.39 is 11.2 Å². The fourth-order valence-electron chi connectivity index (χ4n) is 2.69. The second-order valence-corrected chi connectivity index (χ2v) is 5.54. The molecule has 6 heteroatoms. The summed E-state index contributed by atoms with van der Waals surface area (Å²) >= 11 is 0. The number of likely N-dealkylation sites (N-methyl/N-ethyl adjacent to an activating group) is 1. The van der Waals surface area contributed by atoms with Crippen molar-refractivity contribution in [2.75, 3.05) is 13.6 Å². The summed E-state index contributed by atoms with van der Waals surface area (Å²) in [5.41, 5.74) is -0.749. The van der Waals surface area contributed by atoms with Crippen molar-refractivity contribution in [3.05, 3.63) is 26.4 Å². The van der Waals surface area contributed by atoms with Gasteiger partial charge in [0, 0.05) is 12.6 Å². The zero-order valence-corrected chi connectivity index (χ0v) is 11.6. The molecule has 1 aliphatic rings. The maximum absolute atomic E-state index is 11.9. The molecule has 0 amide bonds. The molecule has 2 heterocycles. The highest BCUT2D eigenvalue weighted by atomic mass is 16.3. The van der Waals surface area contributed by atoms with E-state index in [1.54, 1.807) is 0 Å². The van der Waals surface area contributed by atoms with Crippen molar-refractivity contribution in [2.45, 2.75) is 45.2 Å². The number of aromatic nitrogens is 2. The van der Waals surface area contributed by atoms with Crippen molar-refractivity contribution in [1.29, 1.82) is 0 Å². The summed E-state index contributed by atoms with van der Waals surface area (Å²) in [7, 11) is 2.01. The summed E-state index contributed by atoms with van der Waals surface area (Å²) in [6.07, 6.45) is 2.09. The van der Waals surface area contributed by atoms with Crippen molar-refractivity contribution in [3.8, 4) is 5.88 Å². The molecule has 0 radical (unpaired) electrons. The van der Waals surface area contributed by atoms with Crippen LogP contribution in [0.3, 0.4) is 0 Å². The Morgan fingerprint density at radius 1 is 1.42 bits per heavy atom. The van der Waals surface area contributed by atoms with Crippen molar-refractivity contribution >= 4 is 0 Å². The van der Waals surface area contributed by atoms with Crippen molar-refractivity contribution in [2.24, 2.45) is 0 Å². The maximum Gasteiger partial charge on any atom is 0.331 e. The van der Waals surface area contributed by atoms with Gasteiger partial charge < -0.3 is 10.0 Å². The van der Waals surface area contributed by atoms with E-state index in [0.717, 1.165) is 19.4 Å². The summed E-state index contributed by atoms with van der Waals surface area (Å²) in [5, 5.41) is 10.2. The predicted octanol–water partition coefficient (Wildman–Crippen LogP) is 0.460. The smallest absolute Gasteiger partial charge is 0.331 e. The predicted molar refractivity (Wildman–Crippen MR) is 72.7 cm³/mol. The fourth-order valence-corrected chi connectivity index (χ4v) is 2.69. The van der Waals surface area contributed by atoms with E-state index in [4.69, 9.17) is 0 Å². The number of H-pyrrole nitrogens is 1. The zero-order chi connectivity index (χ0) is 14.2. The van der Waals surface area contributed by atoms with Crippen molar-refractivity contribution in [1.82, 2.24) is 14.5 Å². The Labute approximate surface area is 111 Å². The van der Waals surface area contributed by atoms with Crippen LogP contribution in [0.2, 0.25) is 0 Å². The number of aromatic amines is 1. The van der Waals surface area contributed by atoms with Gasteiger partial charge in [-0.15, -0.1) is 0 Å². The summed E-state index contributed by atoms with van der Waals surface area (Å²) in [6, 6.07) is 0.231. The summed E-state index contributed by atoms with van der Waals surface area (Å²) in [6.45, 7) is 5.06. The number of hydrogen-bond donors (Lipinski definition) is 2. The highest BCUT2D eigenvalue weighted by Crippen LogP contribution is 2.22.